The van der Waals surface area contributed by atoms with Crippen molar-refractivity contribution < 1.29 is 13.2 Å². The van der Waals surface area contributed by atoms with Gasteiger partial charge in [-0.3, -0.25) is 0 Å². The second-order valence-corrected chi connectivity index (χ2v) is 19.6. The largest absolute Gasteiger partial charge is 0.416 e. The average molecular weight is 1080 g/mol. The van der Waals surface area contributed by atoms with Crippen molar-refractivity contribution in [2.45, 2.75) is 6.18 Å². The van der Waals surface area contributed by atoms with Crippen molar-refractivity contribution in [2.24, 2.45) is 0 Å². The first-order chi connectivity index (χ1) is 40.8. The summed E-state index contributed by atoms with van der Waals surface area (Å²) in [5.74, 6) is 0. The maximum Gasteiger partial charge on any atom is 0.416 e. The van der Waals surface area contributed by atoms with Gasteiger partial charge in [-0.15, -0.1) is 0 Å². The molecule has 0 N–H and O–H groups in total. The SMILES string of the molecule is N#Cc1ccc(-c2ccc3c(c2)c2cc(-c4ccc(C#N)cc4C#N)ccc2n3-c2cc(C#N)c(-c3cccc(C(F)(F)F)c3)cc2-n2c3ccc(-c4ccc(C#N)cc4C#N)cc3c3cc(-c4ccc(C#N)cc4C#N)ccc32)c(C#N)c1. The third-order valence-electron chi connectivity index (χ3n) is 15.1. The quantitative estimate of drug-likeness (QED) is 0.148. The number of nitrogens with zero attached hydrogens (tertiary/aromatic N) is 11. The highest BCUT2D eigenvalue weighted by atomic mass is 19.4. The molecule has 84 heavy (non-hydrogen) atoms. The van der Waals surface area contributed by atoms with Crippen LogP contribution in [0.25, 0.3) is 111 Å². The lowest BCUT2D eigenvalue weighted by Gasteiger charge is -2.20. The molecule has 0 atom stereocenters. The fourth-order valence-corrected chi connectivity index (χ4v) is 11.2. The lowest BCUT2D eigenvalue weighted by molar-refractivity contribution is -0.137. The smallest absolute Gasteiger partial charge is 0.307 e. The van der Waals surface area contributed by atoms with Gasteiger partial charge in [0.1, 0.15) is 0 Å². The molecule has 0 bridgehead atoms. The van der Waals surface area contributed by atoms with E-state index in [1.165, 1.54) is 36.4 Å². The Hall–Kier alpha value is -13.0. The van der Waals surface area contributed by atoms with Gasteiger partial charge in [-0.2, -0.15) is 60.5 Å². The number of nitriles is 9. The Balaban J connectivity index is 1.22. The normalized spacial score (nSPS) is 10.9. The molecule has 0 spiro atoms. The van der Waals surface area contributed by atoms with Crippen LogP contribution in [-0.4, -0.2) is 9.13 Å². The summed E-state index contributed by atoms with van der Waals surface area (Å²) < 4.78 is 47.6. The van der Waals surface area contributed by atoms with E-state index in [0.29, 0.717) is 111 Å². The van der Waals surface area contributed by atoms with E-state index in [0.717, 1.165) is 12.1 Å². The lowest BCUT2D eigenvalue weighted by atomic mass is 9.95. The van der Waals surface area contributed by atoms with Crippen LogP contribution in [0.15, 0.2) is 182 Å². The molecule has 12 rings (SSSR count). The number of hydrogen-bond acceptors (Lipinski definition) is 9. The zero-order chi connectivity index (χ0) is 58.6. The number of aromatic nitrogens is 2. The number of alkyl halides is 3. The predicted molar refractivity (Wildman–Crippen MR) is 310 cm³/mol. The summed E-state index contributed by atoms with van der Waals surface area (Å²) in [4.78, 5) is 0. The third-order valence-corrected chi connectivity index (χ3v) is 15.1. The van der Waals surface area contributed by atoms with Crippen LogP contribution in [0.2, 0.25) is 0 Å². The van der Waals surface area contributed by atoms with Crippen LogP contribution in [0.1, 0.15) is 55.6 Å². The summed E-state index contributed by atoms with van der Waals surface area (Å²) in [6, 6.07) is 69.3. The Morgan fingerprint density at radius 3 is 0.869 bits per heavy atom. The summed E-state index contributed by atoms with van der Waals surface area (Å²) in [7, 11) is 0. The van der Waals surface area contributed by atoms with Crippen LogP contribution in [0.3, 0.4) is 0 Å². The van der Waals surface area contributed by atoms with Crippen LogP contribution in [0.4, 0.5) is 13.2 Å². The summed E-state index contributed by atoms with van der Waals surface area (Å²) in [6.45, 7) is 0. The van der Waals surface area contributed by atoms with Crippen molar-refractivity contribution in [3.8, 4) is 122 Å². The fourth-order valence-electron chi connectivity index (χ4n) is 11.2. The predicted octanol–water partition coefficient (Wildman–Crippen LogP) is 16.1. The van der Waals surface area contributed by atoms with Crippen molar-refractivity contribution in [3.63, 3.8) is 0 Å². The van der Waals surface area contributed by atoms with Gasteiger partial charge in [-0.05, 0) is 171 Å². The molecule has 2 aromatic heterocycles. The van der Waals surface area contributed by atoms with Crippen molar-refractivity contribution in [1.82, 2.24) is 9.13 Å². The number of hydrogen-bond donors (Lipinski definition) is 0. The van der Waals surface area contributed by atoms with Gasteiger partial charge in [-0.25, -0.2) is 0 Å². The molecule has 2 heterocycles. The Kier molecular flexibility index (Phi) is 12.5. The van der Waals surface area contributed by atoms with Crippen molar-refractivity contribution in [1.29, 1.82) is 47.4 Å². The van der Waals surface area contributed by atoms with Gasteiger partial charge in [0.25, 0.3) is 0 Å². The van der Waals surface area contributed by atoms with E-state index in [2.05, 4.69) is 54.6 Å². The zero-order valence-electron chi connectivity index (χ0n) is 43.4. The van der Waals surface area contributed by atoms with E-state index in [1.807, 2.05) is 81.9 Å². The lowest BCUT2D eigenvalue weighted by Crippen LogP contribution is -2.07. The minimum absolute atomic E-state index is 0.0313. The minimum atomic E-state index is -4.73. The first-order valence-electron chi connectivity index (χ1n) is 25.6. The summed E-state index contributed by atoms with van der Waals surface area (Å²) in [6.07, 6.45) is -4.73. The number of halogens is 3. The molecule has 386 valence electrons. The minimum Gasteiger partial charge on any atom is -0.307 e. The highest BCUT2D eigenvalue weighted by molar-refractivity contribution is 6.14. The molecular formula is C70H30F3N11. The second-order valence-electron chi connectivity index (χ2n) is 19.6. The van der Waals surface area contributed by atoms with Crippen molar-refractivity contribution in [2.75, 3.05) is 0 Å². The topological polar surface area (TPSA) is 224 Å². The van der Waals surface area contributed by atoms with Gasteiger partial charge < -0.3 is 9.13 Å². The Bertz CT molecular complexity index is 5060. The maximum absolute atomic E-state index is 14.6. The van der Waals surface area contributed by atoms with Crippen LogP contribution < -0.4 is 0 Å². The Morgan fingerprint density at radius 1 is 0.274 bits per heavy atom. The molecule has 0 saturated heterocycles. The standard InChI is InChI=1S/C70H30F3N11/c71-70(72,73)54-3-1-2-44(24-54)59-30-69(84-66-18-10-47(57-14-6-42(33-76)22-51(57)37-80)27-62(66)63-28-48(11-19-67(63)84)58-15-7-43(34-77)23-52(58)38-81)68(29-53(59)39-82)83-64-16-8-45(55-12-4-40(31-74)20-49(55)35-78)25-60(64)61-26-46(9-17-65(61)83)56-13-5-41(32-75)21-50(56)36-79/h1-30H. The van der Waals surface area contributed by atoms with E-state index < -0.39 is 11.7 Å². The van der Waals surface area contributed by atoms with Crippen molar-refractivity contribution >= 4 is 43.6 Å². The molecule has 0 aliphatic carbocycles. The maximum atomic E-state index is 14.6. The molecule has 0 saturated carbocycles. The molecule has 0 aliphatic rings. The molecule has 0 aliphatic heterocycles. The molecule has 12 aromatic rings. The Morgan fingerprint density at radius 2 is 0.571 bits per heavy atom. The van der Waals surface area contributed by atoms with Crippen LogP contribution in [-0.2, 0) is 6.18 Å². The zero-order valence-corrected chi connectivity index (χ0v) is 43.4. The van der Waals surface area contributed by atoms with E-state index in [1.54, 1.807) is 60.7 Å². The van der Waals surface area contributed by atoms with E-state index in [-0.39, 0.29) is 50.1 Å². The molecule has 14 heteroatoms. The molecule has 0 unspecified atom stereocenters. The van der Waals surface area contributed by atoms with Crippen LogP contribution in [0, 0.1) is 102 Å². The van der Waals surface area contributed by atoms with E-state index >= 15 is 0 Å². The molecule has 0 radical (unpaired) electrons. The first kappa shape index (κ1) is 51.7. The second kappa shape index (κ2) is 20.3. The summed E-state index contributed by atoms with van der Waals surface area (Å²) in [5.41, 5.74) is 9.36. The molecule has 10 aromatic carbocycles. The monoisotopic (exact) mass is 1080 g/mol. The highest BCUT2D eigenvalue weighted by Crippen LogP contribution is 2.45. The van der Waals surface area contributed by atoms with E-state index in [9.17, 15) is 60.5 Å². The van der Waals surface area contributed by atoms with Gasteiger partial charge in [0.05, 0.1) is 144 Å². The van der Waals surface area contributed by atoms with Gasteiger partial charge in [0.15, 0.2) is 0 Å². The molecule has 11 nitrogen and oxygen atoms in total. The molecule has 0 fully saturated rings. The van der Waals surface area contributed by atoms with Crippen LogP contribution in [0.5, 0.6) is 0 Å². The molecule has 0 amide bonds. The highest BCUT2D eigenvalue weighted by Gasteiger charge is 2.31. The summed E-state index contributed by atoms with van der Waals surface area (Å²) >= 11 is 0. The first-order valence-corrected chi connectivity index (χ1v) is 25.6. The van der Waals surface area contributed by atoms with E-state index in [4.69, 9.17) is 0 Å². The van der Waals surface area contributed by atoms with Gasteiger partial charge in [-0.1, -0.05) is 60.7 Å². The van der Waals surface area contributed by atoms with Gasteiger partial charge in [0.2, 0.25) is 0 Å². The number of rotatable bonds is 7. The number of fused-ring (bicyclic) bond motifs is 6. The molecular weight excluding hydrogens is 1050 g/mol. The Labute approximate surface area is 476 Å². The number of benzene rings is 10. The van der Waals surface area contributed by atoms with Gasteiger partial charge >= 0.3 is 6.18 Å². The van der Waals surface area contributed by atoms with Crippen LogP contribution >= 0.6 is 0 Å². The average Bonchev–Trinajstić information content (AvgIpc) is 2.33. The third kappa shape index (κ3) is 8.57. The van der Waals surface area contributed by atoms with Crippen molar-refractivity contribution in [3.05, 3.63) is 238 Å². The van der Waals surface area contributed by atoms with Gasteiger partial charge in [0, 0.05) is 27.1 Å². The summed E-state index contributed by atoms with van der Waals surface area (Å²) in [5, 5.41) is 94.2. The fraction of sp³-hybridized carbons (Fsp3) is 0.0143.